The molecule has 2 aromatic carbocycles. The average molecular weight is 1150 g/mol. The molecule has 2 aliphatic rings. The lowest BCUT2D eigenvalue weighted by Crippen LogP contribution is -2.24. The monoisotopic (exact) mass is 1150 g/mol. The third kappa shape index (κ3) is 48.8. The largest absolute Gasteiger partial charge is 0.508 e. The zero-order chi connectivity index (χ0) is 59.0. The van der Waals surface area contributed by atoms with E-state index in [4.69, 9.17) is 38.1 Å². The Morgan fingerprint density at radius 2 is 0.797 bits per heavy atom. The van der Waals surface area contributed by atoms with Crippen molar-refractivity contribution >= 4 is 53.0 Å². The molecule has 0 saturated heterocycles. The maximum Gasteiger partial charge on any atom is 0.339 e. The average Bonchev–Trinajstić information content (AvgIpc) is 3.45. The van der Waals surface area contributed by atoms with Gasteiger partial charge in [0.25, 0.3) is 0 Å². The number of aromatic hydroxyl groups is 1. The number of carbonyl (C=O) groups excluding carboxylic acids is 6. The lowest BCUT2D eigenvalue weighted by atomic mass is 9.97. The van der Waals surface area contributed by atoms with E-state index < -0.39 is 35.8 Å². The van der Waals surface area contributed by atoms with Crippen LogP contribution in [0.1, 0.15) is 247 Å². The van der Waals surface area contributed by atoms with Crippen molar-refractivity contribution in [3.05, 3.63) is 65.2 Å². The first-order chi connectivity index (χ1) is 38.3. The van der Waals surface area contributed by atoms with Gasteiger partial charge < -0.3 is 33.5 Å². The Morgan fingerprint density at radius 3 is 1.09 bits per heavy atom. The maximum atomic E-state index is 12.5. The molecule has 2 fully saturated rings. The van der Waals surface area contributed by atoms with Crippen molar-refractivity contribution in [2.75, 3.05) is 39.7 Å². The van der Waals surface area contributed by atoms with E-state index in [9.17, 15) is 33.3 Å². The van der Waals surface area contributed by atoms with Crippen LogP contribution in [0.15, 0.2) is 48.5 Å². The zero-order valence-corrected chi connectivity index (χ0v) is 51.1. The summed E-state index contributed by atoms with van der Waals surface area (Å²) in [7, 11) is 1.38. The molecule has 2 aliphatic carbocycles. The van der Waals surface area contributed by atoms with Crippen molar-refractivity contribution < 1.29 is 75.9 Å². The van der Waals surface area contributed by atoms with Crippen LogP contribution >= 0.6 is 17.1 Å². The van der Waals surface area contributed by atoms with Crippen molar-refractivity contribution in [1.29, 1.82) is 0 Å². The molecule has 0 aromatic heterocycles. The van der Waals surface area contributed by atoms with Gasteiger partial charge in [0.1, 0.15) is 30.8 Å². The number of phenols is 1. The Labute approximate surface area is 477 Å². The molecule has 0 amide bonds. The summed E-state index contributed by atoms with van der Waals surface area (Å²) in [5, 5.41) is 8.76. The highest BCUT2D eigenvalue weighted by Crippen LogP contribution is 2.25. The second-order valence-corrected chi connectivity index (χ2v) is 20.5. The van der Waals surface area contributed by atoms with Crippen LogP contribution in [-0.2, 0) is 61.3 Å². The van der Waals surface area contributed by atoms with Gasteiger partial charge in [0.15, 0.2) is 8.46 Å². The third-order valence-corrected chi connectivity index (χ3v) is 12.8. The Kier molecular flexibility index (Phi) is 54.6. The van der Waals surface area contributed by atoms with E-state index in [0.717, 1.165) is 115 Å². The van der Waals surface area contributed by atoms with Crippen molar-refractivity contribution in [2.24, 2.45) is 0 Å². The van der Waals surface area contributed by atoms with Crippen molar-refractivity contribution in [3.8, 4) is 5.75 Å². The van der Waals surface area contributed by atoms with Gasteiger partial charge >= 0.3 is 44.5 Å². The summed E-state index contributed by atoms with van der Waals surface area (Å²) < 4.78 is 53.5. The molecule has 4 rings (SSSR count). The van der Waals surface area contributed by atoms with Crippen molar-refractivity contribution in [1.82, 2.24) is 0 Å². The molecule has 0 unspecified atom stereocenters. The van der Waals surface area contributed by atoms with Crippen LogP contribution < -0.4 is 0 Å². The second-order valence-electron chi connectivity index (χ2n) is 19.3. The molecule has 1 N–H and O–H groups in total. The van der Waals surface area contributed by atoms with Crippen LogP contribution in [0.4, 0.5) is 0 Å². The van der Waals surface area contributed by atoms with Gasteiger partial charge in [-0.1, -0.05) is 154 Å². The number of aryl methyl sites for hydroxylation is 1. The van der Waals surface area contributed by atoms with E-state index in [0.29, 0.717) is 43.3 Å². The number of hydrogen-bond acceptors (Lipinski definition) is 16. The van der Waals surface area contributed by atoms with Crippen LogP contribution in [0.5, 0.6) is 5.75 Å². The van der Waals surface area contributed by atoms with Crippen LogP contribution in [0.25, 0.3) is 0 Å². The highest BCUT2D eigenvalue weighted by molar-refractivity contribution is 7.23. The predicted octanol–water partition coefficient (Wildman–Crippen LogP) is 16.1. The molecule has 0 atom stereocenters. The fourth-order valence-electron chi connectivity index (χ4n) is 7.51. The van der Waals surface area contributed by atoms with Crippen molar-refractivity contribution in [2.45, 2.75) is 240 Å². The number of unbranched alkanes of at least 4 members (excludes halogenated alkanes) is 12. The van der Waals surface area contributed by atoms with Crippen LogP contribution in [0.3, 0.4) is 0 Å². The van der Waals surface area contributed by atoms with Gasteiger partial charge in [-0.25, -0.2) is 14.2 Å². The van der Waals surface area contributed by atoms with E-state index in [1.54, 1.807) is 36.4 Å². The second kappa shape index (κ2) is 56.5. The van der Waals surface area contributed by atoms with E-state index >= 15 is 0 Å². The topological polar surface area (TPSA) is 221 Å². The molecule has 0 aliphatic heterocycles. The molecule has 0 radical (unpaired) electrons. The molecule has 16 nitrogen and oxygen atoms in total. The van der Waals surface area contributed by atoms with Crippen molar-refractivity contribution in [3.63, 3.8) is 0 Å². The van der Waals surface area contributed by atoms with E-state index in [1.807, 2.05) is 39.8 Å². The van der Waals surface area contributed by atoms with Gasteiger partial charge in [-0.15, -0.1) is 0 Å². The summed E-state index contributed by atoms with van der Waals surface area (Å²) in [5.41, 5.74) is 1.82. The maximum absolute atomic E-state index is 12.5. The Hall–Kier alpha value is -4.78. The minimum Gasteiger partial charge on any atom is -0.508 e. The number of hydrogen-bond donors (Lipinski definition) is 1. The summed E-state index contributed by atoms with van der Waals surface area (Å²) >= 11 is 0. The smallest absolute Gasteiger partial charge is 0.339 e. The Morgan fingerprint density at radius 1 is 0.468 bits per heavy atom. The summed E-state index contributed by atoms with van der Waals surface area (Å²) in [6.45, 7) is 14.0. The number of phenolic OH excluding ortho intramolecular Hbond substituents is 1. The first kappa shape index (κ1) is 76.3. The fourth-order valence-corrected chi connectivity index (χ4v) is 7.69. The lowest BCUT2D eigenvalue weighted by molar-refractivity contribution is -0.156. The van der Waals surface area contributed by atoms with Gasteiger partial charge in [-0.2, -0.15) is 0 Å². The molecule has 0 spiro atoms. The minimum atomic E-state index is -0.495. The normalized spacial score (nSPS) is 12.8. The first-order valence-electron chi connectivity index (χ1n) is 29.3. The van der Waals surface area contributed by atoms with Gasteiger partial charge in [-0.3, -0.25) is 28.3 Å². The predicted molar refractivity (Wildman–Crippen MR) is 311 cm³/mol. The first-order valence-corrected chi connectivity index (χ1v) is 31.0. The quantitative estimate of drug-likeness (QED) is 0.0244. The molecule has 0 bridgehead atoms. The number of benzene rings is 2. The zero-order valence-electron chi connectivity index (χ0n) is 49.3. The number of carbonyl (C=O) groups is 6. The molecule has 18 heteroatoms. The van der Waals surface area contributed by atoms with E-state index in [-0.39, 0.29) is 42.2 Å². The highest BCUT2D eigenvalue weighted by Gasteiger charge is 2.25. The molecule has 2 saturated carbocycles. The van der Waals surface area contributed by atoms with Crippen LogP contribution in [-0.4, -0.2) is 92.8 Å². The third-order valence-electron chi connectivity index (χ3n) is 12.1. The SMILES string of the molecule is CCCCCCCCOC(=O)CC(=O)OCCCCCCCC.CCCCOC(=O)CC(=O)OCCCC.CCCP=O.COP=O.Cc1ccc(O)cc1.O=C(OC1CCCCC1)c1ccccc1C(=O)OC1CCCCC1. The standard InChI is InChI=1S/C20H26O4.C19H36O4.C11H20O4.C7H8O.C3H7OP.CH3O2P/c21-19(23-15-9-3-1-4-10-15)17-13-7-8-14-18(17)20(22)24-16-11-5-2-6-12-16;1-3-5-7-9-11-13-15-22-18(20)17-19(21)23-16-14-12-10-8-6-4-2;1-3-5-7-14-10(12)9-11(13)15-8-6-4-2;1-6-2-4-7(8)5-3-6;1-2-3-5-4;1-3-4-2/h7-8,13-16H,1-6,9-12H2;3-17H2,1-2H3;3-9H2,1-2H3;2-5,8H,1H3;2-3H2,1H3;1H3. The molecule has 2 aromatic rings. The summed E-state index contributed by atoms with van der Waals surface area (Å²) in [6.07, 6.45) is 29.1. The fraction of sp³-hybridized carbons (Fsp3) is 0.705. The summed E-state index contributed by atoms with van der Waals surface area (Å²) in [5.74, 6) is -2.40. The van der Waals surface area contributed by atoms with Crippen LogP contribution in [0, 0.1) is 6.92 Å². The molecular formula is C61H100O16P2. The van der Waals surface area contributed by atoms with Gasteiger partial charge in [0.2, 0.25) is 0 Å². The van der Waals surface area contributed by atoms with Gasteiger partial charge in [0, 0.05) is 13.3 Å². The summed E-state index contributed by atoms with van der Waals surface area (Å²) in [4.78, 5) is 70.0. The lowest BCUT2D eigenvalue weighted by Gasteiger charge is -2.23. The molecule has 0 heterocycles. The number of rotatable bonds is 31. The molecule has 79 heavy (non-hydrogen) atoms. The Balaban J connectivity index is 0. The molecular weight excluding hydrogens is 1050 g/mol. The van der Waals surface area contributed by atoms with Crippen LogP contribution in [0.2, 0.25) is 0 Å². The molecule has 450 valence electrons. The van der Waals surface area contributed by atoms with Gasteiger partial charge in [-0.05, 0) is 115 Å². The Bertz CT molecular complexity index is 1730. The van der Waals surface area contributed by atoms with Gasteiger partial charge in [0.05, 0.1) is 37.6 Å². The number of ether oxygens (including phenoxy) is 6. The minimum absolute atomic E-state index is 0.0197. The van der Waals surface area contributed by atoms with E-state index in [2.05, 4.69) is 18.4 Å². The van der Waals surface area contributed by atoms with E-state index in [1.165, 1.54) is 76.9 Å². The highest BCUT2D eigenvalue weighted by atomic mass is 31.1. The summed E-state index contributed by atoms with van der Waals surface area (Å²) in [6, 6.07) is 13.9. The number of esters is 6.